The summed E-state index contributed by atoms with van der Waals surface area (Å²) in [4.78, 5) is 17.1. The Labute approximate surface area is 189 Å². The minimum absolute atomic E-state index is 0.397. The van der Waals surface area contributed by atoms with Gasteiger partial charge in [0.2, 0.25) is 0 Å². The number of nitrogens with zero attached hydrogens (tertiary/aromatic N) is 2. The first-order chi connectivity index (χ1) is 15.7. The maximum Gasteiger partial charge on any atom is 0.412 e. The van der Waals surface area contributed by atoms with Crippen LogP contribution in [-0.4, -0.2) is 57.4 Å². The van der Waals surface area contributed by atoms with Crippen LogP contribution in [0, 0.1) is 0 Å². The highest BCUT2D eigenvalue weighted by Gasteiger charge is 2.19. The summed E-state index contributed by atoms with van der Waals surface area (Å²) in [6.45, 7) is 5.72. The molecule has 0 bridgehead atoms. The van der Waals surface area contributed by atoms with Crippen molar-refractivity contribution >= 4 is 22.6 Å². The van der Waals surface area contributed by atoms with Crippen LogP contribution < -0.4 is 19.7 Å². The zero-order valence-electron chi connectivity index (χ0n) is 18.6. The monoisotopic (exact) mass is 433 g/mol. The van der Waals surface area contributed by atoms with Crippen molar-refractivity contribution in [1.29, 1.82) is 0 Å². The van der Waals surface area contributed by atoms with E-state index >= 15 is 0 Å². The van der Waals surface area contributed by atoms with Gasteiger partial charge < -0.3 is 19.7 Å². The van der Waals surface area contributed by atoms with Crippen molar-refractivity contribution in [3.63, 3.8) is 0 Å². The number of rotatable bonds is 8. The van der Waals surface area contributed by atoms with E-state index in [1.807, 2.05) is 54.6 Å². The normalized spacial score (nSPS) is 14.3. The predicted octanol–water partition coefficient (Wildman–Crippen LogP) is 4.54. The summed E-state index contributed by atoms with van der Waals surface area (Å²) >= 11 is 0. The zero-order chi connectivity index (χ0) is 22.2. The average molecular weight is 434 g/mol. The van der Waals surface area contributed by atoms with Crippen molar-refractivity contribution in [1.82, 2.24) is 10.2 Å². The van der Waals surface area contributed by atoms with E-state index in [-0.39, 0.29) is 0 Å². The number of anilines is 1. The first-order valence-electron chi connectivity index (χ1n) is 11.3. The van der Waals surface area contributed by atoms with E-state index in [2.05, 4.69) is 27.2 Å². The summed E-state index contributed by atoms with van der Waals surface area (Å²) in [6.07, 6.45) is 1.58. The standard InChI is InChI=1S/C26H31N3O3/c1-31-25-13-5-4-12-23(25)29-19-17-28(18-20-29)16-7-6-15-27-26(30)32-24-14-8-10-21-9-2-3-11-22(21)24/h2-5,8-14H,6-7,15-20H2,1H3,(H,27,30). The molecule has 32 heavy (non-hydrogen) atoms. The molecule has 1 amide bonds. The molecule has 0 atom stereocenters. The molecule has 0 aromatic heterocycles. The van der Waals surface area contributed by atoms with E-state index in [9.17, 15) is 4.79 Å². The number of fused-ring (bicyclic) bond motifs is 1. The average Bonchev–Trinajstić information content (AvgIpc) is 2.84. The van der Waals surface area contributed by atoms with Gasteiger partial charge in [-0.15, -0.1) is 0 Å². The molecular weight excluding hydrogens is 402 g/mol. The number of carbonyl (C=O) groups excluding carboxylic acids is 1. The third-order valence-electron chi connectivity index (χ3n) is 5.92. The number of carbonyl (C=O) groups is 1. The van der Waals surface area contributed by atoms with Gasteiger partial charge in [-0.25, -0.2) is 4.79 Å². The Morgan fingerprint density at radius 2 is 1.59 bits per heavy atom. The second-order valence-electron chi connectivity index (χ2n) is 8.00. The van der Waals surface area contributed by atoms with Gasteiger partial charge in [0.1, 0.15) is 11.5 Å². The highest BCUT2D eigenvalue weighted by Crippen LogP contribution is 2.28. The van der Waals surface area contributed by atoms with Crippen molar-refractivity contribution < 1.29 is 14.3 Å². The number of methoxy groups -OCH3 is 1. The van der Waals surface area contributed by atoms with Gasteiger partial charge in [-0.05, 0) is 43.0 Å². The highest BCUT2D eigenvalue weighted by atomic mass is 16.6. The molecule has 3 aromatic rings. The molecule has 168 valence electrons. The molecule has 0 aliphatic carbocycles. The first-order valence-corrected chi connectivity index (χ1v) is 11.3. The van der Waals surface area contributed by atoms with Crippen molar-refractivity contribution in [2.75, 3.05) is 51.3 Å². The number of piperazine rings is 1. The molecule has 1 heterocycles. The van der Waals surface area contributed by atoms with Gasteiger partial charge >= 0.3 is 6.09 Å². The molecule has 6 heteroatoms. The summed E-state index contributed by atoms with van der Waals surface area (Å²) in [6, 6.07) is 21.8. The van der Waals surface area contributed by atoms with Crippen molar-refractivity contribution in [3.8, 4) is 11.5 Å². The third kappa shape index (κ3) is 5.51. The predicted molar refractivity (Wildman–Crippen MR) is 129 cm³/mol. The molecular formula is C26H31N3O3. The van der Waals surface area contributed by atoms with Gasteiger partial charge in [-0.2, -0.15) is 0 Å². The Balaban J connectivity index is 1.14. The van der Waals surface area contributed by atoms with E-state index in [4.69, 9.17) is 9.47 Å². The van der Waals surface area contributed by atoms with Crippen LogP contribution in [0.4, 0.5) is 10.5 Å². The number of unbranched alkanes of at least 4 members (excludes halogenated alkanes) is 1. The van der Waals surface area contributed by atoms with Gasteiger partial charge in [-0.1, -0.05) is 48.5 Å². The maximum atomic E-state index is 12.2. The first kappa shape index (κ1) is 22.0. The van der Waals surface area contributed by atoms with Gasteiger partial charge in [0, 0.05) is 38.1 Å². The van der Waals surface area contributed by atoms with Gasteiger partial charge in [-0.3, -0.25) is 4.90 Å². The van der Waals surface area contributed by atoms with Gasteiger partial charge in [0.05, 0.1) is 12.8 Å². The molecule has 3 aromatic carbocycles. The minimum atomic E-state index is -0.397. The van der Waals surface area contributed by atoms with Crippen LogP contribution in [-0.2, 0) is 0 Å². The van der Waals surface area contributed by atoms with Crippen LogP contribution in [0.3, 0.4) is 0 Å². The quantitative estimate of drug-likeness (QED) is 0.529. The Hall–Kier alpha value is -3.25. The number of ether oxygens (including phenoxy) is 2. The van der Waals surface area contributed by atoms with E-state index in [0.717, 1.165) is 62.1 Å². The highest BCUT2D eigenvalue weighted by molar-refractivity contribution is 5.90. The number of amides is 1. The molecule has 4 rings (SSSR count). The molecule has 0 spiro atoms. The third-order valence-corrected chi connectivity index (χ3v) is 5.92. The van der Waals surface area contributed by atoms with E-state index < -0.39 is 6.09 Å². The fourth-order valence-electron chi connectivity index (χ4n) is 4.17. The number of nitrogens with one attached hydrogen (secondary N) is 1. The Morgan fingerprint density at radius 3 is 2.44 bits per heavy atom. The number of hydrogen-bond acceptors (Lipinski definition) is 5. The number of para-hydroxylation sites is 2. The summed E-state index contributed by atoms with van der Waals surface area (Å²) in [5.41, 5.74) is 1.17. The Bertz CT molecular complexity index is 1030. The van der Waals surface area contributed by atoms with E-state index in [0.29, 0.717) is 12.3 Å². The molecule has 0 radical (unpaired) electrons. The summed E-state index contributed by atoms with van der Waals surface area (Å²) in [5, 5.41) is 4.87. The van der Waals surface area contributed by atoms with Crippen LogP contribution in [0.25, 0.3) is 10.8 Å². The molecule has 0 unspecified atom stereocenters. The van der Waals surface area contributed by atoms with E-state index in [1.54, 1.807) is 7.11 Å². The van der Waals surface area contributed by atoms with Gasteiger partial charge in [0.25, 0.3) is 0 Å². The van der Waals surface area contributed by atoms with Crippen LogP contribution >= 0.6 is 0 Å². The Morgan fingerprint density at radius 1 is 0.875 bits per heavy atom. The zero-order valence-corrected chi connectivity index (χ0v) is 18.6. The number of benzene rings is 3. The summed E-state index contributed by atoms with van der Waals surface area (Å²) in [7, 11) is 1.72. The smallest absolute Gasteiger partial charge is 0.412 e. The fraction of sp³-hybridized carbons (Fsp3) is 0.346. The number of hydrogen-bond donors (Lipinski definition) is 1. The fourth-order valence-corrected chi connectivity index (χ4v) is 4.17. The van der Waals surface area contributed by atoms with Crippen LogP contribution in [0.2, 0.25) is 0 Å². The molecule has 1 aliphatic heterocycles. The van der Waals surface area contributed by atoms with Crippen LogP contribution in [0.1, 0.15) is 12.8 Å². The van der Waals surface area contributed by atoms with Crippen molar-refractivity contribution in [2.45, 2.75) is 12.8 Å². The maximum absolute atomic E-state index is 12.2. The Kier molecular flexibility index (Phi) is 7.46. The molecule has 1 N–H and O–H groups in total. The topological polar surface area (TPSA) is 54.0 Å². The van der Waals surface area contributed by atoms with Crippen molar-refractivity contribution in [2.24, 2.45) is 0 Å². The largest absolute Gasteiger partial charge is 0.495 e. The van der Waals surface area contributed by atoms with Gasteiger partial charge in [0.15, 0.2) is 0 Å². The lowest BCUT2D eigenvalue weighted by atomic mass is 10.1. The lowest BCUT2D eigenvalue weighted by molar-refractivity contribution is 0.200. The summed E-state index contributed by atoms with van der Waals surface area (Å²) < 4.78 is 11.0. The van der Waals surface area contributed by atoms with Crippen LogP contribution in [0.15, 0.2) is 66.7 Å². The van der Waals surface area contributed by atoms with Crippen molar-refractivity contribution in [3.05, 3.63) is 66.7 Å². The molecule has 0 saturated carbocycles. The second-order valence-corrected chi connectivity index (χ2v) is 8.00. The minimum Gasteiger partial charge on any atom is -0.495 e. The lowest BCUT2D eigenvalue weighted by Crippen LogP contribution is -2.46. The molecule has 1 saturated heterocycles. The molecule has 1 fully saturated rings. The summed E-state index contributed by atoms with van der Waals surface area (Å²) in [5.74, 6) is 1.52. The second kappa shape index (κ2) is 10.9. The lowest BCUT2D eigenvalue weighted by Gasteiger charge is -2.36. The molecule has 1 aliphatic rings. The SMILES string of the molecule is COc1ccccc1N1CCN(CCCCNC(=O)Oc2cccc3ccccc23)CC1. The molecule has 6 nitrogen and oxygen atoms in total. The van der Waals surface area contributed by atoms with Crippen LogP contribution in [0.5, 0.6) is 11.5 Å². The van der Waals surface area contributed by atoms with E-state index in [1.165, 1.54) is 5.69 Å².